The number of carbonyl (C=O) groups excluding carboxylic acids is 3. The van der Waals surface area contributed by atoms with E-state index in [0.29, 0.717) is 41.9 Å². The predicted molar refractivity (Wildman–Crippen MR) is 117 cm³/mol. The molecule has 0 aliphatic carbocycles. The fourth-order valence-electron chi connectivity index (χ4n) is 3.83. The summed E-state index contributed by atoms with van der Waals surface area (Å²) in [5.41, 5.74) is 4.09. The summed E-state index contributed by atoms with van der Waals surface area (Å²) >= 11 is 0. The van der Waals surface area contributed by atoms with E-state index in [2.05, 4.69) is 9.97 Å². The third-order valence-corrected chi connectivity index (χ3v) is 5.07. The third-order valence-electron chi connectivity index (χ3n) is 5.07. The van der Waals surface area contributed by atoms with Gasteiger partial charge in [-0.2, -0.15) is 0 Å². The minimum Gasteiger partial charge on any atom is -0.462 e. The van der Waals surface area contributed by atoms with E-state index in [9.17, 15) is 14.4 Å². The molecule has 2 aromatic heterocycles. The van der Waals surface area contributed by atoms with Crippen LogP contribution in [0.2, 0.25) is 0 Å². The van der Waals surface area contributed by atoms with E-state index in [-0.39, 0.29) is 31.1 Å². The molecule has 8 heteroatoms. The first-order chi connectivity index (χ1) is 14.9. The second-order valence-corrected chi connectivity index (χ2v) is 6.78. The molecule has 170 valence electrons. The van der Waals surface area contributed by atoms with Crippen LogP contribution in [0.3, 0.4) is 0 Å². The molecule has 2 aromatic rings. The number of aromatic amines is 2. The summed E-state index contributed by atoms with van der Waals surface area (Å²) in [5, 5.41) is 0. The van der Waals surface area contributed by atoms with Crippen molar-refractivity contribution in [3.8, 4) is 11.4 Å². The van der Waals surface area contributed by atoms with Crippen LogP contribution >= 0.6 is 0 Å². The van der Waals surface area contributed by atoms with Crippen molar-refractivity contribution in [2.45, 2.75) is 60.8 Å². The van der Waals surface area contributed by atoms with Gasteiger partial charge in [0.05, 0.1) is 36.8 Å². The first kappa shape index (κ1) is 24.2. The summed E-state index contributed by atoms with van der Waals surface area (Å²) in [4.78, 5) is 44.3. The average Bonchev–Trinajstić information content (AvgIpc) is 3.32. The van der Waals surface area contributed by atoms with E-state index in [4.69, 9.17) is 14.2 Å². The van der Waals surface area contributed by atoms with Crippen molar-refractivity contribution in [2.75, 3.05) is 19.8 Å². The zero-order valence-electron chi connectivity index (χ0n) is 19.2. The van der Waals surface area contributed by atoms with Gasteiger partial charge in [-0.15, -0.1) is 0 Å². The van der Waals surface area contributed by atoms with Crippen molar-refractivity contribution in [1.29, 1.82) is 0 Å². The average molecular weight is 433 g/mol. The van der Waals surface area contributed by atoms with Gasteiger partial charge in [0, 0.05) is 0 Å². The largest absolute Gasteiger partial charge is 0.462 e. The van der Waals surface area contributed by atoms with E-state index >= 15 is 0 Å². The van der Waals surface area contributed by atoms with Crippen LogP contribution in [-0.4, -0.2) is 47.7 Å². The van der Waals surface area contributed by atoms with Crippen LogP contribution in [0.5, 0.6) is 0 Å². The quantitative estimate of drug-likeness (QED) is 0.429. The Bertz CT molecular complexity index is 954. The lowest BCUT2D eigenvalue weighted by atomic mass is 9.99. The van der Waals surface area contributed by atoms with E-state index in [1.165, 1.54) is 0 Å². The highest BCUT2D eigenvalue weighted by atomic mass is 16.5. The Balaban J connectivity index is 2.84. The van der Waals surface area contributed by atoms with Crippen LogP contribution in [-0.2, 0) is 33.5 Å². The summed E-state index contributed by atoms with van der Waals surface area (Å²) in [7, 11) is 0. The molecule has 0 unspecified atom stereocenters. The lowest BCUT2D eigenvalue weighted by Gasteiger charge is -2.07. The van der Waals surface area contributed by atoms with Gasteiger partial charge in [-0.25, -0.2) is 14.4 Å². The zero-order chi connectivity index (χ0) is 23.1. The molecule has 2 rings (SSSR count). The molecule has 0 aliphatic heterocycles. The Morgan fingerprint density at radius 1 is 0.581 bits per heavy atom. The Hall–Kier alpha value is -3.03. The molecule has 0 spiro atoms. The number of aromatic nitrogens is 2. The number of carbonyl (C=O) groups is 3. The van der Waals surface area contributed by atoms with Crippen molar-refractivity contribution in [2.24, 2.45) is 0 Å². The third kappa shape index (κ3) is 4.68. The van der Waals surface area contributed by atoms with Gasteiger partial charge in [-0.1, -0.05) is 20.8 Å². The van der Waals surface area contributed by atoms with Crippen LogP contribution in [0.4, 0.5) is 0 Å². The fourth-order valence-corrected chi connectivity index (χ4v) is 3.83. The minimum absolute atomic E-state index is 0.195. The highest BCUT2D eigenvalue weighted by Crippen LogP contribution is 2.35. The van der Waals surface area contributed by atoms with Crippen molar-refractivity contribution >= 4 is 17.9 Å². The second-order valence-electron chi connectivity index (χ2n) is 6.78. The second kappa shape index (κ2) is 10.8. The Morgan fingerprint density at radius 3 is 1.45 bits per heavy atom. The maximum absolute atomic E-state index is 12.9. The van der Waals surface area contributed by atoms with Gasteiger partial charge in [-0.3, -0.25) is 0 Å². The van der Waals surface area contributed by atoms with Crippen LogP contribution in [0.25, 0.3) is 11.4 Å². The zero-order valence-corrected chi connectivity index (χ0v) is 19.2. The van der Waals surface area contributed by atoms with Crippen molar-refractivity contribution in [1.82, 2.24) is 9.97 Å². The Kier molecular flexibility index (Phi) is 8.47. The highest BCUT2D eigenvalue weighted by molar-refractivity contribution is 6.04. The molecule has 0 bridgehead atoms. The highest BCUT2D eigenvalue weighted by Gasteiger charge is 2.31. The topological polar surface area (TPSA) is 110 Å². The standard InChI is InChI=1S/C23H32N2O6/c1-7-13-14(8-2)18(22(27)30-11-5)24-17(13)20-16(21(26)29-10-4)15(9-3)19(25-20)23(28)31-12-6/h24-25H,7-12H2,1-6H3. The van der Waals surface area contributed by atoms with Crippen molar-refractivity contribution in [3.63, 3.8) is 0 Å². The number of esters is 3. The Morgan fingerprint density at radius 2 is 1.00 bits per heavy atom. The normalized spacial score (nSPS) is 10.8. The smallest absolute Gasteiger partial charge is 0.355 e. The maximum Gasteiger partial charge on any atom is 0.355 e. The SMILES string of the molecule is CCOC(=O)c1[nH]c(-c2[nH]c(C(=O)OCC)c(CC)c2C(=O)OCC)c(CC)c1CC. The molecule has 31 heavy (non-hydrogen) atoms. The van der Waals surface area contributed by atoms with Gasteiger partial charge in [0.1, 0.15) is 11.4 Å². The molecule has 0 atom stereocenters. The van der Waals surface area contributed by atoms with Crippen LogP contribution in [0.1, 0.15) is 89.6 Å². The molecule has 0 aliphatic rings. The number of H-pyrrole nitrogens is 2. The lowest BCUT2D eigenvalue weighted by molar-refractivity contribution is 0.0508. The van der Waals surface area contributed by atoms with Gasteiger partial charge in [-0.05, 0) is 56.7 Å². The summed E-state index contributed by atoms with van der Waals surface area (Å²) in [5.74, 6) is -1.53. The molecule has 0 amide bonds. The van der Waals surface area contributed by atoms with E-state index in [1.54, 1.807) is 20.8 Å². The van der Waals surface area contributed by atoms with Crippen LogP contribution < -0.4 is 0 Å². The van der Waals surface area contributed by atoms with Crippen molar-refractivity contribution in [3.05, 3.63) is 33.6 Å². The number of rotatable bonds is 10. The molecule has 8 nitrogen and oxygen atoms in total. The van der Waals surface area contributed by atoms with Crippen molar-refractivity contribution < 1.29 is 28.6 Å². The van der Waals surface area contributed by atoms with Gasteiger partial charge >= 0.3 is 17.9 Å². The number of hydrogen-bond donors (Lipinski definition) is 2. The first-order valence-corrected chi connectivity index (χ1v) is 10.9. The first-order valence-electron chi connectivity index (χ1n) is 10.9. The van der Waals surface area contributed by atoms with Gasteiger partial charge < -0.3 is 24.2 Å². The maximum atomic E-state index is 12.9. The minimum atomic E-state index is -0.540. The molecular formula is C23H32N2O6. The molecule has 2 heterocycles. The van der Waals surface area contributed by atoms with E-state index in [0.717, 1.165) is 11.1 Å². The molecule has 0 fully saturated rings. The monoisotopic (exact) mass is 432 g/mol. The molecule has 0 saturated heterocycles. The van der Waals surface area contributed by atoms with Gasteiger partial charge in [0.25, 0.3) is 0 Å². The number of hydrogen-bond acceptors (Lipinski definition) is 6. The van der Waals surface area contributed by atoms with Crippen LogP contribution in [0, 0.1) is 0 Å². The lowest BCUT2D eigenvalue weighted by Crippen LogP contribution is -2.11. The fraction of sp³-hybridized carbons (Fsp3) is 0.522. The summed E-state index contributed by atoms with van der Waals surface area (Å²) < 4.78 is 15.7. The molecular weight excluding hydrogens is 400 g/mol. The summed E-state index contributed by atoms with van der Waals surface area (Å²) in [6.45, 7) is 11.6. The van der Waals surface area contributed by atoms with Gasteiger partial charge in [0.15, 0.2) is 0 Å². The van der Waals surface area contributed by atoms with E-state index < -0.39 is 17.9 Å². The summed E-state index contributed by atoms with van der Waals surface area (Å²) in [6.07, 6.45) is 1.65. The number of nitrogens with one attached hydrogen (secondary N) is 2. The van der Waals surface area contributed by atoms with Crippen LogP contribution in [0.15, 0.2) is 0 Å². The molecule has 0 aromatic carbocycles. The Labute approximate surface area is 182 Å². The van der Waals surface area contributed by atoms with E-state index in [1.807, 2.05) is 20.8 Å². The number of ether oxygens (including phenoxy) is 3. The molecule has 0 saturated carbocycles. The predicted octanol–water partition coefficient (Wildman–Crippen LogP) is 4.23. The molecule has 0 radical (unpaired) electrons. The van der Waals surface area contributed by atoms with Gasteiger partial charge in [0.2, 0.25) is 0 Å². The summed E-state index contributed by atoms with van der Waals surface area (Å²) in [6, 6.07) is 0. The molecule has 2 N–H and O–H groups in total.